The number of nitrogens with zero attached hydrogens (tertiary/aromatic N) is 3. The number of carbonyl (C=O) groups is 1. The van der Waals surface area contributed by atoms with Gasteiger partial charge in [0.2, 0.25) is 0 Å². The molecule has 1 fully saturated rings. The van der Waals surface area contributed by atoms with E-state index < -0.39 is 0 Å². The van der Waals surface area contributed by atoms with E-state index in [2.05, 4.69) is 28.6 Å². The van der Waals surface area contributed by atoms with Crippen LogP contribution in [0.3, 0.4) is 0 Å². The minimum absolute atomic E-state index is 0.0862. The average Bonchev–Trinajstić information content (AvgIpc) is 3.27. The molecule has 0 N–H and O–H groups in total. The largest absolute Gasteiger partial charge is 0.303 e. The summed E-state index contributed by atoms with van der Waals surface area (Å²) in [5, 5.41) is 9.95. The lowest BCUT2D eigenvalue weighted by Gasteiger charge is -2.13. The first-order valence-corrected chi connectivity index (χ1v) is 9.14. The molecular formula is C17H20ClN3OS. The van der Waals surface area contributed by atoms with Crippen molar-refractivity contribution in [3.63, 3.8) is 0 Å². The predicted molar refractivity (Wildman–Crippen MR) is 93.5 cm³/mol. The second-order valence-corrected chi connectivity index (χ2v) is 7.97. The summed E-state index contributed by atoms with van der Waals surface area (Å²) in [4.78, 5) is 12.6. The molecule has 2 aromatic rings. The molecule has 0 spiro atoms. The Hall–Kier alpha value is -1.33. The number of halogens is 1. The molecule has 0 radical (unpaired) electrons. The van der Waals surface area contributed by atoms with E-state index in [1.54, 1.807) is 24.3 Å². The fraction of sp³-hybridized carbons (Fsp3) is 0.471. The highest BCUT2D eigenvalue weighted by atomic mass is 35.5. The first kappa shape index (κ1) is 16.5. The quantitative estimate of drug-likeness (QED) is 0.557. The molecule has 4 nitrogen and oxygen atoms in total. The number of rotatable bonds is 6. The van der Waals surface area contributed by atoms with E-state index in [1.165, 1.54) is 24.6 Å². The zero-order valence-corrected chi connectivity index (χ0v) is 15.1. The Morgan fingerprint density at radius 3 is 2.43 bits per heavy atom. The molecule has 1 aromatic carbocycles. The van der Waals surface area contributed by atoms with Gasteiger partial charge in [-0.25, -0.2) is 0 Å². The zero-order valence-electron chi connectivity index (χ0n) is 13.5. The Labute approximate surface area is 145 Å². The molecule has 0 saturated heterocycles. The molecule has 1 saturated carbocycles. The van der Waals surface area contributed by atoms with Crippen LogP contribution in [0.25, 0.3) is 0 Å². The third-order valence-electron chi connectivity index (χ3n) is 3.90. The third kappa shape index (κ3) is 3.61. The van der Waals surface area contributed by atoms with Crippen LogP contribution in [0, 0.1) is 0 Å². The highest BCUT2D eigenvalue weighted by molar-refractivity contribution is 8.00. The van der Waals surface area contributed by atoms with Crippen LogP contribution >= 0.6 is 23.4 Å². The highest BCUT2D eigenvalue weighted by Gasteiger charge is 2.31. The number of aromatic nitrogens is 3. The molecule has 1 atom stereocenters. The van der Waals surface area contributed by atoms with E-state index in [0.717, 1.165) is 11.0 Å². The Bertz CT molecular complexity index is 707. The normalized spacial score (nSPS) is 15.9. The number of Topliss-reactive ketones (excluding diaryl/α,β-unsaturated/α-hetero) is 1. The van der Waals surface area contributed by atoms with Gasteiger partial charge in [0.25, 0.3) is 0 Å². The average molecular weight is 350 g/mol. The molecule has 1 aliphatic carbocycles. The predicted octanol–water partition coefficient (Wildman–Crippen LogP) is 4.75. The summed E-state index contributed by atoms with van der Waals surface area (Å²) in [6, 6.07) is 7.54. The van der Waals surface area contributed by atoms with Gasteiger partial charge in [0.05, 0.1) is 5.25 Å². The maximum atomic E-state index is 12.6. The molecule has 0 amide bonds. The number of hydrogen-bond donors (Lipinski definition) is 0. The van der Waals surface area contributed by atoms with Crippen LogP contribution in [0.4, 0.5) is 0 Å². The first-order valence-electron chi connectivity index (χ1n) is 7.88. The summed E-state index contributed by atoms with van der Waals surface area (Å²) in [7, 11) is 0. The highest BCUT2D eigenvalue weighted by Crippen LogP contribution is 2.41. The first-order chi connectivity index (χ1) is 11.0. The lowest BCUT2D eigenvalue weighted by Crippen LogP contribution is -2.15. The smallest absolute Gasteiger partial charge is 0.192 e. The minimum atomic E-state index is -0.210. The van der Waals surface area contributed by atoms with Gasteiger partial charge in [-0.05, 0) is 44.0 Å². The Morgan fingerprint density at radius 1 is 1.22 bits per heavy atom. The molecule has 1 unspecified atom stereocenters. The van der Waals surface area contributed by atoms with Gasteiger partial charge in [0, 0.05) is 22.5 Å². The maximum Gasteiger partial charge on any atom is 0.192 e. The summed E-state index contributed by atoms with van der Waals surface area (Å²) >= 11 is 7.37. The fourth-order valence-electron chi connectivity index (χ4n) is 2.50. The van der Waals surface area contributed by atoms with Crippen LogP contribution in [0.15, 0.2) is 29.4 Å². The van der Waals surface area contributed by atoms with Crippen molar-refractivity contribution in [3.8, 4) is 0 Å². The van der Waals surface area contributed by atoms with Crippen LogP contribution in [0.1, 0.15) is 61.8 Å². The fourth-order valence-corrected chi connectivity index (χ4v) is 3.63. The molecule has 0 aliphatic heterocycles. The number of carbonyl (C=O) groups excluding carboxylic acids is 1. The lowest BCUT2D eigenvalue weighted by atomic mass is 10.1. The van der Waals surface area contributed by atoms with Crippen molar-refractivity contribution in [1.82, 2.24) is 14.8 Å². The van der Waals surface area contributed by atoms with Crippen molar-refractivity contribution in [3.05, 3.63) is 40.7 Å². The van der Waals surface area contributed by atoms with E-state index in [0.29, 0.717) is 22.5 Å². The Kier molecular flexibility index (Phi) is 4.78. The van der Waals surface area contributed by atoms with Crippen LogP contribution in [-0.4, -0.2) is 25.8 Å². The van der Waals surface area contributed by atoms with Crippen LogP contribution in [-0.2, 0) is 0 Å². The van der Waals surface area contributed by atoms with Crippen LogP contribution < -0.4 is 0 Å². The van der Waals surface area contributed by atoms with Gasteiger partial charge in [0.15, 0.2) is 10.9 Å². The molecular weight excluding hydrogens is 330 g/mol. The number of thioether (sulfide) groups is 1. The molecule has 1 aromatic heterocycles. The van der Waals surface area contributed by atoms with Crippen molar-refractivity contribution < 1.29 is 4.79 Å². The number of benzene rings is 1. The second-order valence-electron chi connectivity index (χ2n) is 6.23. The minimum Gasteiger partial charge on any atom is -0.303 e. The van der Waals surface area contributed by atoms with E-state index >= 15 is 0 Å². The second kappa shape index (κ2) is 6.65. The van der Waals surface area contributed by atoms with Gasteiger partial charge in [-0.15, -0.1) is 10.2 Å². The van der Waals surface area contributed by atoms with E-state index in [4.69, 9.17) is 11.6 Å². The molecule has 3 rings (SSSR count). The van der Waals surface area contributed by atoms with Crippen molar-refractivity contribution in [2.45, 2.75) is 56.0 Å². The maximum absolute atomic E-state index is 12.6. The molecule has 1 heterocycles. The SMILES string of the molecule is CC(Sc1nnc(C(C)C)n1C1CC1)C(=O)c1ccc(Cl)cc1. The lowest BCUT2D eigenvalue weighted by molar-refractivity contribution is 0.0994. The standard InChI is InChI=1S/C17H20ClN3OS/c1-10(2)16-19-20-17(21(16)14-8-9-14)23-11(3)15(22)12-4-6-13(18)7-5-12/h4-7,10-11,14H,8-9H2,1-3H3. The van der Waals surface area contributed by atoms with Gasteiger partial charge in [0.1, 0.15) is 5.82 Å². The number of hydrogen-bond acceptors (Lipinski definition) is 4. The van der Waals surface area contributed by atoms with Gasteiger partial charge in [-0.1, -0.05) is 37.2 Å². The van der Waals surface area contributed by atoms with E-state index in [1.807, 2.05) is 6.92 Å². The Balaban J connectivity index is 1.79. The van der Waals surface area contributed by atoms with Crippen LogP contribution in [0.5, 0.6) is 0 Å². The molecule has 23 heavy (non-hydrogen) atoms. The summed E-state index contributed by atoms with van der Waals surface area (Å²) in [5.41, 5.74) is 0.677. The summed E-state index contributed by atoms with van der Waals surface area (Å²) in [5.74, 6) is 1.43. The summed E-state index contributed by atoms with van der Waals surface area (Å²) in [6.45, 7) is 6.17. The monoisotopic (exact) mass is 349 g/mol. The zero-order chi connectivity index (χ0) is 16.6. The van der Waals surface area contributed by atoms with Gasteiger partial charge < -0.3 is 4.57 Å². The number of ketones is 1. The van der Waals surface area contributed by atoms with Crippen molar-refractivity contribution in [1.29, 1.82) is 0 Å². The van der Waals surface area contributed by atoms with E-state index in [9.17, 15) is 4.79 Å². The van der Waals surface area contributed by atoms with Gasteiger partial charge in [-0.2, -0.15) is 0 Å². The molecule has 1 aliphatic rings. The summed E-state index contributed by atoms with van der Waals surface area (Å²) in [6.07, 6.45) is 2.34. The molecule has 122 valence electrons. The van der Waals surface area contributed by atoms with Gasteiger partial charge >= 0.3 is 0 Å². The molecule has 0 bridgehead atoms. The van der Waals surface area contributed by atoms with Crippen molar-refractivity contribution in [2.24, 2.45) is 0 Å². The molecule has 6 heteroatoms. The third-order valence-corrected chi connectivity index (χ3v) is 5.21. The topological polar surface area (TPSA) is 47.8 Å². The van der Waals surface area contributed by atoms with Crippen molar-refractivity contribution >= 4 is 29.1 Å². The Morgan fingerprint density at radius 2 is 1.87 bits per heavy atom. The van der Waals surface area contributed by atoms with Crippen molar-refractivity contribution in [2.75, 3.05) is 0 Å². The summed E-state index contributed by atoms with van der Waals surface area (Å²) < 4.78 is 2.22. The van der Waals surface area contributed by atoms with Crippen LogP contribution in [0.2, 0.25) is 5.02 Å². The van der Waals surface area contributed by atoms with E-state index in [-0.39, 0.29) is 11.0 Å². The van der Waals surface area contributed by atoms with Gasteiger partial charge in [-0.3, -0.25) is 4.79 Å².